The van der Waals surface area contributed by atoms with Crippen molar-refractivity contribution >= 4 is 17.9 Å². The molecule has 0 aromatic heterocycles. The van der Waals surface area contributed by atoms with Crippen molar-refractivity contribution in [2.24, 2.45) is 0 Å². The fourth-order valence-electron chi connectivity index (χ4n) is 12.0. The van der Waals surface area contributed by atoms with Gasteiger partial charge in [-0.1, -0.05) is 392 Å². The van der Waals surface area contributed by atoms with Gasteiger partial charge in [-0.05, 0) is 44.9 Å². The van der Waals surface area contributed by atoms with Crippen LogP contribution in [0.5, 0.6) is 0 Å². The summed E-state index contributed by atoms with van der Waals surface area (Å²) >= 11 is 0. The fourth-order valence-corrected chi connectivity index (χ4v) is 12.0. The molecule has 0 N–H and O–H groups in total. The highest BCUT2D eigenvalue weighted by atomic mass is 16.6. The average Bonchev–Trinajstić information content (AvgIpc) is 3.48. The highest BCUT2D eigenvalue weighted by Gasteiger charge is 2.20. The highest BCUT2D eigenvalue weighted by Crippen LogP contribution is 2.20. The Bertz CT molecular complexity index is 1300. The van der Waals surface area contributed by atoms with Gasteiger partial charge in [0, 0.05) is 19.3 Å². The lowest BCUT2D eigenvalue weighted by atomic mass is 10.0. The third-order valence-corrected chi connectivity index (χ3v) is 17.8. The SMILES string of the molecule is CCCCCCCCCC/C=C\CCCCCCCCCCCCCCCCCCCCCC(=O)OCC(COC(=O)CCCCCCCCCCCC)OC(=O)CCCCCCCCCCCCCCCCCCCCCCCCCC. The molecule has 83 heavy (non-hydrogen) atoms. The molecule has 0 saturated heterocycles. The van der Waals surface area contributed by atoms with Gasteiger partial charge in [0.15, 0.2) is 6.10 Å². The Morgan fingerprint density at radius 2 is 0.398 bits per heavy atom. The van der Waals surface area contributed by atoms with Gasteiger partial charge in [0.2, 0.25) is 0 Å². The summed E-state index contributed by atoms with van der Waals surface area (Å²) in [7, 11) is 0. The summed E-state index contributed by atoms with van der Waals surface area (Å²) in [5.74, 6) is -0.825. The molecule has 0 radical (unpaired) electrons. The molecule has 0 spiro atoms. The molecule has 0 aliphatic heterocycles. The maximum atomic E-state index is 13.0. The van der Waals surface area contributed by atoms with Crippen molar-refractivity contribution < 1.29 is 28.6 Å². The summed E-state index contributed by atoms with van der Waals surface area (Å²) in [5.41, 5.74) is 0. The van der Waals surface area contributed by atoms with E-state index in [-0.39, 0.29) is 31.1 Å². The molecule has 0 saturated carbocycles. The van der Waals surface area contributed by atoms with Gasteiger partial charge in [0.05, 0.1) is 0 Å². The van der Waals surface area contributed by atoms with E-state index < -0.39 is 6.10 Å². The van der Waals surface area contributed by atoms with Crippen LogP contribution in [0, 0.1) is 0 Å². The number of esters is 3. The summed E-state index contributed by atoms with van der Waals surface area (Å²) in [6, 6.07) is 0. The van der Waals surface area contributed by atoms with Crippen molar-refractivity contribution in [2.75, 3.05) is 13.2 Å². The largest absolute Gasteiger partial charge is 0.462 e. The molecule has 0 rings (SSSR count). The predicted molar refractivity (Wildman–Crippen MR) is 363 cm³/mol. The molecule has 1 unspecified atom stereocenters. The second-order valence-electron chi connectivity index (χ2n) is 26.3. The molecule has 0 bridgehead atoms. The molecule has 0 fully saturated rings. The fraction of sp³-hybridized carbons (Fsp3) is 0.935. The van der Waals surface area contributed by atoms with Crippen molar-refractivity contribution in [3.8, 4) is 0 Å². The lowest BCUT2D eigenvalue weighted by molar-refractivity contribution is -0.167. The summed E-state index contributed by atoms with van der Waals surface area (Å²) in [6.07, 6.45) is 88.5. The van der Waals surface area contributed by atoms with Gasteiger partial charge >= 0.3 is 17.9 Å². The summed E-state index contributed by atoms with van der Waals surface area (Å²) in [4.78, 5) is 38.4. The zero-order valence-electron chi connectivity index (χ0n) is 56.8. The van der Waals surface area contributed by atoms with E-state index in [1.807, 2.05) is 0 Å². The molecule has 6 nitrogen and oxygen atoms in total. The molecular formula is C77H148O6. The van der Waals surface area contributed by atoms with Crippen LogP contribution in [0.4, 0.5) is 0 Å². The first-order chi connectivity index (χ1) is 41.0. The third kappa shape index (κ3) is 70.8. The molecule has 492 valence electrons. The minimum absolute atomic E-state index is 0.0619. The van der Waals surface area contributed by atoms with Gasteiger partial charge in [-0.15, -0.1) is 0 Å². The number of rotatable bonds is 72. The first-order valence-electron chi connectivity index (χ1n) is 38.2. The maximum absolute atomic E-state index is 13.0. The van der Waals surface area contributed by atoms with Gasteiger partial charge < -0.3 is 14.2 Å². The van der Waals surface area contributed by atoms with Crippen LogP contribution in [0.15, 0.2) is 12.2 Å². The van der Waals surface area contributed by atoms with E-state index in [1.54, 1.807) is 0 Å². The minimum atomic E-state index is -0.765. The van der Waals surface area contributed by atoms with E-state index in [1.165, 1.54) is 347 Å². The van der Waals surface area contributed by atoms with Gasteiger partial charge in [0.25, 0.3) is 0 Å². The zero-order chi connectivity index (χ0) is 59.9. The maximum Gasteiger partial charge on any atom is 0.306 e. The molecule has 0 heterocycles. The van der Waals surface area contributed by atoms with Crippen molar-refractivity contribution in [1.82, 2.24) is 0 Å². The smallest absolute Gasteiger partial charge is 0.306 e. The first-order valence-corrected chi connectivity index (χ1v) is 38.2. The van der Waals surface area contributed by atoms with Crippen LogP contribution in [-0.4, -0.2) is 37.2 Å². The standard InChI is InChI=1S/C77H148O6/c1-4-7-10-13-16-19-22-24-26-28-30-32-34-36-37-38-39-40-41-42-44-45-47-49-51-53-55-58-61-64-67-70-76(79)82-73-74(72-81-75(78)69-66-63-60-57-21-18-15-12-9-6-3)83-77(80)71-68-65-62-59-56-54-52-50-48-46-43-35-33-31-29-27-25-23-20-17-14-11-8-5-2/h28,30,74H,4-27,29,31-73H2,1-3H3/b30-28-. The molecule has 0 aliphatic rings. The monoisotopic (exact) mass is 1170 g/mol. The van der Waals surface area contributed by atoms with Gasteiger partial charge in [-0.3, -0.25) is 14.4 Å². The van der Waals surface area contributed by atoms with Crippen molar-refractivity contribution in [1.29, 1.82) is 0 Å². The Morgan fingerprint density at radius 3 is 0.602 bits per heavy atom. The minimum Gasteiger partial charge on any atom is -0.462 e. The van der Waals surface area contributed by atoms with Crippen molar-refractivity contribution in [2.45, 2.75) is 451 Å². The van der Waals surface area contributed by atoms with E-state index in [9.17, 15) is 14.4 Å². The Labute approximate surface area is 520 Å². The third-order valence-electron chi connectivity index (χ3n) is 17.8. The summed E-state index contributed by atoms with van der Waals surface area (Å²) in [5, 5.41) is 0. The normalized spacial score (nSPS) is 12.0. The van der Waals surface area contributed by atoms with Crippen LogP contribution >= 0.6 is 0 Å². The molecule has 0 aromatic carbocycles. The predicted octanol–water partition coefficient (Wildman–Crippen LogP) is 26.3. The Balaban J connectivity index is 4.06. The number of carbonyl (C=O) groups excluding carboxylic acids is 3. The zero-order valence-corrected chi connectivity index (χ0v) is 56.8. The van der Waals surface area contributed by atoms with E-state index in [2.05, 4.69) is 32.9 Å². The molecule has 0 aromatic rings. The van der Waals surface area contributed by atoms with Gasteiger partial charge in [-0.2, -0.15) is 0 Å². The molecule has 0 amide bonds. The molecule has 0 aliphatic carbocycles. The second kappa shape index (κ2) is 72.6. The number of allylic oxidation sites excluding steroid dienone is 2. The topological polar surface area (TPSA) is 78.9 Å². The van der Waals surface area contributed by atoms with Crippen LogP contribution in [0.3, 0.4) is 0 Å². The average molecular weight is 1170 g/mol. The molecule has 6 heteroatoms. The van der Waals surface area contributed by atoms with E-state index in [4.69, 9.17) is 14.2 Å². The van der Waals surface area contributed by atoms with Gasteiger partial charge in [0.1, 0.15) is 13.2 Å². The second-order valence-corrected chi connectivity index (χ2v) is 26.3. The summed E-state index contributed by atoms with van der Waals surface area (Å²) < 4.78 is 17.0. The first kappa shape index (κ1) is 81.2. The number of ether oxygens (including phenoxy) is 3. The number of hydrogen-bond donors (Lipinski definition) is 0. The lowest BCUT2D eigenvalue weighted by Gasteiger charge is -2.18. The molecule has 1 atom stereocenters. The van der Waals surface area contributed by atoms with Crippen LogP contribution in [0.1, 0.15) is 445 Å². The number of unbranched alkanes of at least 4 members (excludes halogenated alkanes) is 59. The van der Waals surface area contributed by atoms with Crippen LogP contribution in [0.2, 0.25) is 0 Å². The lowest BCUT2D eigenvalue weighted by Crippen LogP contribution is -2.30. The quantitative estimate of drug-likeness (QED) is 0.0261. The Hall–Kier alpha value is -1.85. The van der Waals surface area contributed by atoms with Crippen molar-refractivity contribution in [3.05, 3.63) is 12.2 Å². The Morgan fingerprint density at radius 1 is 0.229 bits per heavy atom. The van der Waals surface area contributed by atoms with E-state index in [0.717, 1.165) is 57.8 Å². The van der Waals surface area contributed by atoms with E-state index in [0.29, 0.717) is 19.3 Å². The van der Waals surface area contributed by atoms with E-state index >= 15 is 0 Å². The number of hydrogen-bond acceptors (Lipinski definition) is 6. The number of carbonyl (C=O) groups is 3. The van der Waals surface area contributed by atoms with Crippen molar-refractivity contribution in [3.63, 3.8) is 0 Å². The van der Waals surface area contributed by atoms with Crippen LogP contribution in [0.25, 0.3) is 0 Å². The Kier molecular flexibility index (Phi) is 71.0. The highest BCUT2D eigenvalue weighted by molar-refractivity contribution is 5.71. The van der Waals surface area contributed by atoms with Crippen LogP contribution < -0.4 is 0 Å². The van der Waals surface area contributed by atoms with Gasteiger partial charge in [-0.25, -0.2) is 0 Å². The summed E-state index contributed by atoms with van der Waals surface area (Å²) in [6.45, 7) is 6.72. The molecular weight excluding hydrogens is 1020 g/mol. The van der Waals surface area contributed by atoms with Crippen LogP contribution in [-0.2, 0) is 28.6 Å².